The van der Waals surface area contributed by atoms with Crippen LogP contribution in [0.2, 0.25) is 0 Å². The van der Waals surface area contributed by atoms with Gasteiger partial charge < -0.3 is 0 Å². The molecule has 64 valence electrons. The van der Waals surface area contributed by atoms with Crippen LogP contribution in [0.3, 0.4) is 0 Å². The average Bonchev–Trinajstić information content (AvgIpc) is 2.43. The van der Waals surface area contributed by atoms with Crippen molar-refractivity contribution in [1.82, 2.24) is 19.8 Å². The van der Waals surface area contributed by atoms with Crippen LogP contribution >= 0.6 is 0 Å². The molecule has 0 fully saturated rings. The molecule has 4 nitrogen and oxygen atoms in total. The summed E-state index contributed by atoms with van der Waals surface area (Å²) >= 11 is 0. The van der Waals surface area contributed by atoms with Crippen molar-refractivity contribution in [1.29, 1.82) is 0 Å². The van der Waals surface area contributed by atoms with Crippen molar-refractivity contribution in [2.45, 2.75) is 26.7 Å². The molecular weight excluding hydrogens is 152 g/mol. The number of nitrogens with one attached hydrogen (secondary N) is 1. The normalized spacial score (nSPS) is 11.7. The molecule has 0 atom stereocenters. The second-order valence-electron chi connectivity index (χ2n) is 3.35. The number of hydrogen-bond acceptors (Lipinski definition) is 2. The van der Waals surface area contributed by atoms with E-state index in [1.54, 1.807) is 0 Å². The summed E-state index contributed by atoms with van der Waals surface area (Å²) in [5.74, 6) is 1.39. The first kappa shape index (κ1) is 7.34. The van der Waals surface area contributed by atoms with E-state index in [1.807, 2.05) is 17.5 Å². The van der Waals surface area contributed by atoms with Crippen LogP contribution in [0.5, 0.6) is 0 Å². The molecule has 0 unspecified atom stereocenters. The zero-order valence-corrected chi connectivity index (χ0v) is 7.50. The first-order valence-electron chi connectivity index (χ1n) is 4.09. The van der Waals surface area contributed by atoms with Gasteiger partial charge in [0, 0.05) is 17.7 Å². The Morgan fingerprint density at radius 3 is 2.83 bits per heavy atom. The number of aryl methyl sites for hydroxylation is 1. The van der Waals surface area contributed by atoms with Crippen LogP contribution in [0.15, 0.2) is 6.07 Å². The highest BCUT2D eigenvalue weighted by molar-refractivity contribution is 5.38. The van der Waals surface area contributed by atoms with Crippen LogP contribution in [-0.2, 0) is 0 Å². The van der Waals surface area contributed by atoms with E-state index in [1.165, 1.54) is 0 Å². The number of fused-ring (bicyclic) bond motifs is 1. The molecule has 0 aromatic carbocycles. The Morgan fingerprint density at radius 2 is 2.17 bits per heavy atom. The number of H-pyrrole nitrogens is 1. The molecule has 0 saturated heterocycles. The highest BCUT2D eigenvalue weighted by Crippen LogP contribution is 2.13. The van der Waals surface area contributed by atoms with Gasteiger partial charge in [-0.3, -0.25) is 5.10 Å². The van der Waals surface area contributed by atoms with Crippen LogP contribution in [0.4, 0.5) is 0 Å². The summed E-state index contributed by atoms with van der Waals surface area (Å²) in [4.78, 5) is 0. The molecule has 1 N–H and O–H groups in total. The van der Waals surface area contributed by atoms with Crippen molar-refractivity contribution >= 4 is 5.65 Å². The lowest BCUT2D eigenvalue weighted by molar-refractivity contribution is 0.721. The molecule has 0 aliphatic heterocycles. The zero-order chi connectivity index (χ0) is 8.72. The topological polar surface area (TPSA) is 46.0 Å². The lowest BCUT2D eigenvalue weighted by atomic mass is 10.2. The Morgan fingerprint density at radius 1 is 1.42 bits per heavy atom. The molecule has 12 heavy (non-hydrogen) atoms. The largest absolute Gasteiger partial charge is 0.295 e. The maximum Gasteiger partial charge on any atom is 0.177 e. The maximum absolute atomic E-state index is 4.08. The van der Waals surface area contributed by atoms with Crippen molar-refractivity contribution in [3.63, 3.8) is 0 Å². The first-order chi connectivity index (χ1) is 5.68. The molecule has 0 amide bonds. The number of aromatic nitrogens is 4. The van der Waals surface area contributed by atoms with Crippen LogP contribution in [0.1, 0.15) is 31.3 Å². The van der Waals surface area contributed by atoms with Crippen molar-refractivity contribution < 1.29 is 0 Å². The number of nitrogens with zero attached hydrogens (tertiary/aromatic N) is 3. The van der Waals surface area contributed by atoms with Crippen molar-refractivity contribution in [2.24, 2.45) is 0 Å². The Kier molecular flexibility index (Phi) is 1.43. The molecule has 2 rings (SSSR count). The molecule has 4 heteroatoms. The van der Waals surface area contributed by atoms with Crippen LogP contribution < -0.4 is 0 Å². The fourth-order valence-corrected chi connectivity index (χ4v) is 1.29. The molecule has 0 saturated carbocycles. The quantitative estimate of drug-likeness (QED) is 0.694. The third-order valence-electron chi connectivity index (χ3n) is 1.86. The molecule has 0 aliphatic rings. The second-order valence-corrected chi connectivity index (χ2v) is 3.35. The second kappa shape index (κ2) is 2.33. The standard InChI is InChI=1S/C8H12N4/c1-5(2)8-10-9-7-4-6(3)11-12(7)8/h4-5,11H,1-3H3. The smallest absolute Gasteiger partial charge is 0.177 e. The van der Waals surface area contributed by atoms with Gasteiger partial charge in [-0.05, 0) is 6.92 Å². The van der Waals surface area contributed by atoms with E-state index in [2.05, 4.69) is 29.1 Å². The molecule has 2 aromatic rings. The van der Waals surface area contributed by atoms with E-state index in [-0.39, 0.29) is 0 Å². The fraction of sp³-hybridized carbons (Fsp3) is 0.500. The van der Waals surface area contributed by atoms with Gasteiger partial charge in [0.05, 0.1) is 0 Å². The molecule has 0 radical (unpaired) electrons. The summed E-state index contributed by atoms with van der Waals surface area (Å²) < 4.78 is 1.93. The minimum atomic E-state index is 0.401. The maximum atomic E-state index is 4.08. The van der Waals surface area contributed by atoms with Gasteiger partial charge in [0.25, 0.3) is 0 Å². The van der Waals surface area contributed by atoms with E-state index >= 15 is 0 Å². The number of rotatable bonds is 1. The van der Waals surface area contributed by atoms with Crippen molar-refractivity contribution in [3.05, 3.63) is 17.6 Å². The Balaban J connectivity index is 2.68. The van der Waals surface area contributed by atoms with Crippen molar-refractivity contribution in [3.8, 4) is 0 Å². The lowest BCUT2D eigenvalue weighted by Gasteiger charge is -1.98. The highest BCUT2D eigenvalue weighted by Gasteiger charge is 2.09. The van der Waals surface area contributed by atoms with E-state index in [9.17, 15) is 0 Å². The summed E-state index contributed by atoms with van der Waals surface area (Å²) in [6.07, 6.45) is 0. The van der Waals surface area contributed by atoms with E-state index in [0.29, 0.717) is 5.92 Å². The highest BCUT2D eigenvalue weighted by atomic mass is 15.4. The lowest BCUT2D eigenvalue weighted by Crippen LogP contribution is -1.97. The third-order valence-corrected chi connectivity index (χ3v) is 1.86. The minimum Gasteiger partial charge on any atom is -0.295 e. The molecule has 0 bridgehead atoms. The molecule has 0 spiro atoms. The fourth-order valence-electron chi connectivity index (χ4n) is 1.29. The summed E-state index contributed by atoms with van der Waals surface area (Å²) in [5.41, 5.74) is 2.01. The Labute approximate surface area is 70.6 Å². The third kappa shape index (κ3) is 0.913. The van der Waals surface area contributed by atoms with E-state index < -0.39 is 0 Å². The predicted octanol–water partition coefficient (Wildman–Crippen LogP) is 1.49. The molecule has 2 heterocycles. The van der Waals surface area contributed by atoms with E-state index in [0.717, 1.165) is 17.2 Å². The number of aromatic amines is 1. The summed E-state index contributed by atoms with van der Waals surface area (Å²) in [6.45, 7) is 6.22. The van der Waals surface area contributed by atoms with Gasteiger partial charge in [0.2, 0.25) is 0 Å². The summed E-state index contributed by atoms with van der Waals surface area (Å²) in [5, 5.41) is 11.3. The molecular formula is C8H12N4. The van der Waals surface area contributed by atoms with Crippen LogP contribution in [0.25, 0.3) is 5.65 Å². The van der Waals surface area contributed by atoms with Crippen LogP contribution in [-0.4, -0.2) is 19.8 Å². The summed E-state index contributed by atoms with van der Waals surface area (Å²) in [6, 6.07) is 1.98. The van der Waals surface area contributed by atoms with Gasteiger partial charge in [0.1, 0.15) is 0 Å². The predicted molar refractivity (Wildman–Crippen MR) is 46.2 cm³/mol. The Hall–Kier alpha value is -1.32. The molecule has 0 aliphatic carbocycles. The number of hydrogen-bond donors (Lipinski definition) is 1. The van der Waals surface area contributed by atoms with Gasteiger partial charge in [0.15, 0.2) is 11.5 Å². The summed E-state index contributed by atoms with van der Waals surface area (Å²) in [7, 11) is 0. The van der Waals surface area contributed by atoms with Gasteiger partial charge >= 0.3 is 0 Å². The SMILES string of the molecule is Cc1cc2nnc(C(C)C)n2[nH]1. The molecule has 2 aromatic heterocycles. The minimum absolute atomic E-state index is 0.401. The van der Waals surface area contributed by atoms with Crippen molar-refractivity contribution in [2.75, 3.05) is 0 Å². The van der Waals surface area contributed by atoms with Gasteiger partial charge in [-0.15, -0.1) is 10.2 Å². The monoisotopic (exact) mass is 164 g/mol. The first-order valence-corrected chi connectivity index (χ1v) is 4.09. The average molecular weight is 164 g/mol. The van der Waals surface area contributed by atoms with E-state index in [4.69, 9.17) is 0 Å². The van der Waals surface area contributed by atoms with Gasteiger partial charge in [-0.2, -0.15) is 0 Å². The van der Waals surface area contributed by atoms with Gasteiger partial charge in [-0.1, -0.05) is 13.8 Å². The van der Waals surface area contributed by atoms with Gasteiger partial charge in [-0.25, -0.2) is 4.52 Å². The van der Waals surface area contributed by atoms with Crippen LogP contribution in [0, 0.1) is 6.92 Å². The zero-order valence-electron chi connectivity index (χ0n) is 7.50. The Bertz CT molecular complexity index is 396.